The molecule has 3 aromatic heterocycles. The van der Waals surface area contributed by atoms with E-state index in [-0.39, 0.29) is 5.69 Å². The molecule has 0 unspecified atom stereocenters. The summed E-state index contributed by atoms with van der Waals surface area (Å²) >= 11 is 6.93. The van der Waals surface area contributed by atoms with Crippen molar-refractivity contribution in [2.45, 2.75) is 31.5 Å². The van der Waals surface area contributed by atoms with Gasteiger partial charge in [0.15, 0.2) is 23.4 Å². The van der Waals surface area contributed by atoms with Crippen LogP contribution in [0.25, 0.3) is 16.9 Å². The SMILES string of the molecule is COc1ccc(CN(C)c2cc(Nc3cccc(-c4ccc(C5OCCO5)cn4)c3Cl)nn3c(C(=O)N[C@@H]4C[C@@H]4F)cnc23)cc1. The number of alkyl halides is 1. The van der Waals surface area contributed by atoms with Gasteiger partial charge in [-0.15, -0.1) is 5.10 Å². The normalized spacial score (nSPS) is 17.7. The summed E-state index contributed by atoms with van der Waals surface area (Å²) in [6, 6.07) is 18.5. The number of nitrogens with zero attached hydrogens (tertiary/aromatic N) is 5. The molecule has 236 valence electrons. The number of methoxy groups -OCH3 is 1. The minimum Gasteiger partial charge on any atom is -0.497 e. The van der Waals surface area contributed by atoms with Crippen LogP contribution in [0.5, 0.6) is 5.75 Å². The fraction of sp³-hybridized carbons (Fsp3) is 0.273. The van der Waals surface area contributed by atoms with Crippen molar-refractivity contribution in [3.63, 3.8) is 0 Å². The Morgan fingerprint density at radius 2 is 1.89 bits per heavy atom. The number of amides is 1. The third-order valence-electron chi connectivity index (χ3n) is 7.92. The van der Waals surface area contributed by atoms with Gasteiger partial charge in [-0.3, -0.25) is 9.78 Å². The number of nitrogens with one attached hydrogen (secondary N) is 2. The standard InChI is InChI=1S/C33H31ClFN7O4/c1-41(18-19-6-9-21(44-2)10-7-19)27-15-29(40-42-28(17-37-31(27)42)32(43)39-26-14-23(26)35)38-25-5-3-4-22(30(25)34)24-11-8-20(16-36-24)33-45-12-13-46-33/h3-11,15-17,23,26,33H,12-14,18H2,1-2H3,(H,38,40)(H,39,43)/t23-,26+/m0/s1. The number of carbonyl (C=O) groups excluding carboxylic acids is 1. The lowest BCUT2D eigenvalue weighted by Gasteiger charge is -2.21. The average molecular weight is 644 g/mol. The second kappa shape index (κ2) is 12.5. The molecular weight excluding hydrogens is 613 g/mol. The number of aromatic nitrogens is 4. The summed E-state index contributed by atoms with van der Waals surface area (Å²) < 4.78 is 31.5. The maximum atomic E-state index is 13.6. The summed E-state index contributed by atoms with van der Waals surface area (Å²) in [6.07, 6.45) is 2.02. The highest BCUT2D eigenvalue weighted by molar-refractivity contribution is 6.36. The van der Waals surface area contributed by atoms with Crippen LogP contribution in [0.2, 0.25) is 5.02 Å². The lowest BCUT2D eigenvalue weighted by atomic mass is 10.1. The number of halogens is 2. The van der Waals surface area contributed by atoms with E-state index in [0.29, 0.717) is 59.7 Å². The van der Waals surface area contributed by atoms with Gasteiger partial charge in [-0.2, -0.15) is 0 Å². The highest BCUT2D eigenvalue weighted by atomic mass is 35.5. The van der Waals surface area contributed by atoms with Crippen LogP contribution < -0.4 is 20.3 Å². The van der Waals surface area contributed by atoms with Crippen molar-refractivity contribution in [3.05, 3.63) is 94.9 Å². The Balaban J connectivity index is 1.22. The van der Waals surface area contributed by atoms with Crippen molar-refractivity contribution in [1.29, 1.82) is 0 Å². The van der Waals surface area contributed by atoms with Crippen molar-refractivity contribution < 1.29 is 23.4 Å². The molecule has 1 saturated carbocycles. The van der Waals surface area contributed by atoms with Gasteiger partial charge in [-0.25, -0.2) is 13.9 Å². The molecule has 1 amide bonds. The first kappa shape index (κ1) is 29.9. The van der Waals surface area contributed by atoms with Crippen LogP contribution in [0.15, 0.2) is 73.1 Å². The van der Waals surface area contributed by atoms with E-state index in [1.807, 2.05) is 72.6 Å². The number of hydrogen-bond acceptors (Lipinski definition) is 9. The van der Waals surface area contributed by atoms with Crippen molar-refractivity contribution in [2.24, 2.45) is 0 Å². The van der Waals surface area contributed by atoms with E-state index in [1.165, 1.54) is 10.7 Å². The van der Waals surface area contributed by atoms with Gasteiger partial charge >= 0.3 is 0 Å². The lowest BCUT2D eigenvalue weighted by molar-refractivity contribution is -0.0443. The zero-order chi connectivity index (χ0) is 31.8. The fourth-order valence-electron chi connectivity index (χ4n) is 5.31. The average Bonchev–Trinajstić information content (AvgIpc) is 3.43. The molecule has 1 aliphatic carbocycles. The van der Waals surface area contributed by atoms with Crippen molar-refractivity contribution >= 4 is 40.3 Å². The molecule has 46 heavy (non-hydrogen) atoms. The highest BCUT2D eigenvalue weighted by Crippen LogP contribution is 2.36. The Bertz CT molecular complexity index is 1880. The van der Waals surface area contributed by atoms with Gasteiger partial charge in [-0.05, 0) is 29.8 Å². The number of benzene rings is 2. The molecule has 2 atom stereocenters. The summed E-state index contributed by atoms with van der Waals surface area (Å²) in [7, 11) is 3.56. The Labute approximate surface area is 269 Å². The Morgan fingerprint density at radius 1 is 1.11 bits per heavy atom. The van der Waals surface area contributed by atoms with Gasteiger partial charge in [0.1, 0.15) is 11.9 Å². The molecule has 11 nitrogen and oxygen atoms in total. The Morgan fingerprint density at radius 3 is 2.59 bits per heavy atom. The number of carbonyl (C=O) groups is 1. The van der Waals surface area contributed by atoms with E-state index in [4.69, 9.17) is 30.9 Å². The molecule has 2 aliphatic rings. The van der Waals surface area contributed by atoms with Crippen molar-refractivity contribution in [2.75, 3.05) is 37.6 Å². The quantitative estimate of drug-likeness (QED) is 0.197. The summed E-state index contributed by atoms with van der Waals surface area (Å²) in [4.78, 5) is 24.3. The molecule has 1 aliphatic heterocycles. The predicted molar refractivity (Wildman–Crippen MR) is 171 cm³/mol. The van der Waals surface area contributed by atoms with Crippen LogP contribution in [0.4, 0.5) is 21.6 Å². The zero-order valence-corrected chi connectivity index (χ0v) is 25.9. The number of pyridine rings is 1. The number of fused-ring (bicyclic) bond motifs is 1. The summed E-state index contributed by atoms with van der Waals surface area (Å²) in [5, 5.41) is 11.2. The van der Waals surface area contributed by atoms with Crippen LogP contribution >= 0.6 is 11.6 Å². The monoisotopic (exact) mass is 643 g/mol. The summed E-state index contributed by atoms with van der Waals surface area (Å²) in [6.45, 7) is 1.64. The zero-order valence-electron chi connectivity index (χ0n) is 25.1. The topological polar surface area (TPSA) is 115 Å². The van der Waals surface area contributed by atoms with Crippen LogP contribution in [0.3, 0.4) is 0 Å². The van der Waals surface area contributed by atoms with Crippen LogP contribution in [0.1, 0.15) is 34.3 Å². The maximum Gasteiger partial charge on any atom is 0.271 e. The van der Waals surface area contributed by atoms with Crippen molar-refractivity contribution in [1.82, 2.24) is 24.9 Å². The maximum absolute atomic E-state index is 13.6. The molecule has 2 aromatic carbocycles. The second-order valence-electron chi connectivity index (χ2n) is 11.2. The molecule has 0 radical (unpaired) electrons. The molecule has 0 spiro atoms. The molecule has 7 rings (SSSR count). The van der Waals surface area contributed by atoms with Gasteiger partial charge in [-0.1, -0.05) is 41.9 Å². The van der Waals surface area contributed by atoms with Gasteiger partial charge < -0.3 is 29.7 Å². The van der Waals surface area contributed by atoms with E-state index in [1.54, 1.807) is 13.3 Å². The highest BCUT2D eigenvalue weighted by Gasteiger charge is 2.39. The first-order valence-corrected chi connectivity index (χ1v) is 15.2. The van der Waals surface area contributed by atoms with Gasteiger partial charge in [0, 0.05) is 43.4 Å². The Hall–Kier alpha value is -4.78. The minimum absolute atomic E-state index is 0.191. The molecule has 2 N–H and O–H groups in total. The van der Waals surface area contributed by atoms with Crippen LogP contribution in [-0.2, 0) is 16.0 Å². The molecule has 1 saturated heterocycles. The van der Waals surface area contributed by atoms with Gasteiger partial charge in [0.2, 0.25) is 0 Å². The molecule has 5 aromatic rings. The van der Waals surface area contributed by atoms with E-state index in [9.17, 15) is 9.18 Å². The number of imidazole rings is 1. The molecule has 4 heterocycles. The fourth-order valence-corrected chi connectivity index (χ4v) is 5.58. The molecular formula is C33H31ClFN7O4. The number of hydrogen-bond donors (Lipinski definition) is 2. The first-order valence-electron chi connectivity index (χ1n) is 14.8. The van der Waals surface area contributed by atoms with E-state index >= 15 is 0 Å². The first-order chi connectivity index (χ1) is 22.4. The summed E-state index contributed by atoms with van der Waals surface area (Å²) in [5.41, 5.74) is 5.24. The minimum atomic E-state index is -1.04. The third-order valence-corrected chi connectivity index (χ3v) is 8.32. The predicted octanol–water partition coefficient (Wildman–Crippen LogP) is 5.72. The molecule has 2 fully saturated rings. The van der Waals surface area contributed by atoms with E-state index in [0.717, 1.165) is 22.4 Å². The largest absolute Gasteiger partial charge is 0.497 e. The Kier molecular flexibility index (Phi) is 8.16. The van der Waals surface area contributed by atoms with Gasteiger partial charge in [0.05, 0.1) is 54.7 Å². The number of anilines is 3. The van der Waals surface area contributed by atoms with E-state index in [2.05, 4.69) is 20.6 Å². The second-order valence-corrected chi connectivity index (χ2v) is 11.5. The van der Waals surface area contributed by atoms with Crippen LogP contribution in [0, 0.1) is 0 Å². The van der Waals surface area contributed by atoms with Crippen molar-refractivity contribution in [3.8, 4) is 17.0 Å². The summed E-state index contributed by atoms with van der Waals surface area (Å²) in [5.74, 6) is 0.735. The third kappa shape index (κ3) is 6.06. The van der Waals surface area contributed by atoms with Gasteiger partial charge in [0.25, 0.3) is 5.91 Å². The molecule has 0 bridgehead atoms. The van der Waals surface area contributed by atoms with Crippen LogP contribution in [-0.4, -0.2) is 65.1 Å². The lowest BCUT2D eigenvalue weighted by Crippen LogP contribution is -2.28. The number of rotatable bonds is 10. The molecule has 13 heteroatoms. The van der Waals surface area contributed by atoms with E-state index < -0.39 is 24.4 Å². The smallest absolute Gasteiger partial charge is 0.271 e. The number of ether oxygens (including phenoxy) is 3.